The number of aromatic nitrogens is 3. The van der Waals surface area contributed by atoms with Crippen LogP contribution in [0.25, 0.3) is 0 Å². The molecule has 0 spiro atoms. The van der Waals surface area contributed by atoms with Gasteiger partial charge in [0, 0.05) is 41.2 Å². The van der Waals surface area contributed by atoms with E-state index in [2.05, 4.69) is 25.4 Å². The molecule has 0 aromatic carbocycles. The van der Waals surface area contributed by atoms with Gasteiger partial charge in [0.15, 0.2) is 0 Å². The van der Waals surface area contributed by atoms with Crippen LogP contribution in [0, 0.1) is 17.8 Å². The summed E-state index contributed by atoms with van der Waals surface area (Å²) in [6, 6.07) is 0.232. The smallest absolute Gasteiger partial charge is 0.252 e. The molecule has 7 nitrogen and oxygen atoms in total. The number of thiophene rings is 1. The Kier molecular flexibility index (Phi) is 5.28. The van der Waals surface area contributed by atoms with Crippen LogP contribution < -0.4 is 10.6 Å². The fourth-order valence-electron chi connectivity index (χ4n) is 4.80. The molecule has 2 heterocycles. The van der Waals surface area contributed by atoms with E-state index in [0.717, 1.165) is 73.1 Å². The van der Waals surface area contributed by atoms with Crippen molar-refractivity contribution >= 4 is 29.0 Å². The highest BCUT2D eigenvalue weighted by atomic mass is 32.1. The van der Waals surface area contributed by atoms with Gasteiger partial charge in [0.05, 0.1) is 5.56 Å². The van der Waals surface area contributed by atoms with Crippen LogP contribution in [0.1, 0.15) is 76.7 Å². The molecule has 0 saturated heterocycles. The van der Waals surface area contributed by atoms with Crippen molar-refractivity contribution in [1.29, 1.82) is 0 Å². The van der Waals surface area contributed by atoms with Gasteiger partial charge in [0.1, 0.15) is 12.1 Å². The van der Waals surface area contributed by atoms with Crippen LogP contribution in [0.2, 0.25) is 0 Å². The van der Waals surface area contributed by atoms with E-state index in [4.69, 9.17) is 0 Å². The van der Waals surface area contributed by atoms with Gasteiger partial charge in [-0.25, -0.2) is 0 Å². The first kappa shape index (κ1) is 20.4. The minimum absolute atomic E-state index is 0.0180. The summed E-state index contributed by atoms with van der Waals surface area (Å²) in [6.45, 7) is 1.71. The molecule has 3 saturated carbocycles. The molecule has 1 amide bonds. The van der Waals surface area contributed by atoms with E-state index in [1.807, 2.05) is 6.33 Å². The molecule has 0 aliphatic heterocycles. The summed E-state index contributed by atoms with van der Waals surface area (Å²) in [5.41, 5.74) is 1.95. The highest BCUT2D eigenvalue weighted by Crippen LogP contribution is 2.41. The maximum Gasteiger partial charge on any atom is 0.252 e. The van der Waals surface area contributed by atoms with Crippen LogP contribution in [0.5, 0.6) is 0 Å². The van der Waals surface area contributed by atoms with Gasteiger partial charge in [0.25, 0.3) is 5.91 Å². The minimum atomic E-state index is 0.0180. The second-order valence-corrected chi connectivity index (χ2v) is 11.3. The van der Waals surface area contributed by atoms with Crippen LogP contribution in [-0.4, -0.2) is 39.5 Å². The lowest BCUT2D eigenvalue weighted by Gasteiger charge is -2.25. The summed E-state index contributed by atoms with van der Waals surface area (Å²) >= 11 is 1.70. The molecule has 3 fully saturated rings. The zero-order chi connectivity index (χ0) is 21.7. The third kappa shape index (κ3) is 4.34. The monoisotopic (exact) mass is 453 g/mol. The van der Waals surface area contributed by atoms with Gasteiger partial charge in [-0.1, -0.05) is 0 Å². The quantitative estimate of drug-likeness (QED) is 0.574. The van der Waals surface area contributed by atoms with Gasteiger partial charge in [-0.15, -0.1) is 21.5 Å². The van der Waals surface area contributed by atoms with E-state index in [-0.39, 0.29) is 17.9 Å². The Morgan fingerprint density at radius 2 is 1.84 bits per heavy atom. The van der Waals surface area contributed by atoms with Crippen LogP contribution in [0.15, 0.2) is 6.33 Å². The van der Waals surface area contributed by atoms with Gasteiger partial charge in [-0.3, -0.25) is 14.2 Å². The molecule has 2 aromatic heterocycles. The van der Waals surface area contributed by atoms with E-state index in [9.17, 15) is 9.59 Å². The molecule has 4 aliphatic rings. The number of hydrogen-bond acceptors (Lipinski definition) is 6. The van der Waals surface area contributed by atoms with E-state index in [1.54, 1.807) is 11.3 Å². The van der Waals surface area contributed by atoms with E-state index < -0.39 is 0 Å². The maximum atomic E-state index is 13.3. The molecule has 4 aliphatic carbocycles. The van der Waals surface area contributed by atoms with Crippen LogP contribution in [-0.2, 0) is 24.1 Å². The van der Waals surface area contributed by atoms with Gasteiger partial charge < -0.3 is 10.6 Å². The number of carbonyl (C=O) groups excluding carboxylic acids is 2. The Bertz CT molecular complexity index is 1030. The number of Topliss-reactive ketones (excluding diaryl/α,β-unsaturated/α-hetero) is 1. The van der Waals surface area contributed by atoms with Gasteiger partial charge in [-0.05, 0) is 75.2 Å². The Labute approximate surface area is 192 Å². The average Bonchev–Trinajstić information content (AvgIpc) is 3.67. The second-order valence-electron chi connectivity index (χ2n) is 10.2. The van der Waals surface area contributed by atoms with Crippen molar-refractivity contribution < 1.29 is 9.59 Å². The molecule has 1 atom stereocenters. The molecule has 6 rings (SSSR count). The second kappa shape index (κ2) is 8.28. The average molecular weight is 454 g/mol. The van der Waals surface area contributed by atoms with Crippen molar-refractivity contribution in [3.8, 4) is 0 Å². The molecule has 2 N–H and O–H groups in total. The number of hydrogen-bond donors (Lipinski definition) is 2. The lowest BCUT2D eigenvalue weighted by atomic mass is 9.90. The highest BCUT2D eigenvalue weighted by molar-refractivity contribution is 7.12. The molecule has 0 unspecified atom stereocenters. The Hall–Kier alpha value is -2.22. The number of carbonyl (C=O) groups is 2. The number of nitrogens with zero attached hydrogens (tertiary/aromatic N) is 3. The first-order valence-corrected chi connectivity index (χ1v) is 13.0. The fraction of sp³-hybridized carbons (Fsp3) is 0.667. The van der Waals surface area contributed by atoms with Crippen molar-refractivity contribution in [2.45, 2.75) is 70.3 Å². The molecule has 2 aromatic rings. The van der Waals surface area contributed by atoms with Gasteiger partial charge in [0.2, 0.25) is 5.95 Å². The Morgan fingerprint density at radius 3 is 2.59 bits per heavy atom. The first-order valence-electron chi connectivity index (χ1n) is 12.2. The SMILES string of the molecule is O=C(NCC1CC1)c1c(CC(=O)C2CC2)sc2c1C[C@@H](n1cnnc1NCC1CC1)CC2. The predicted octanol–water partition coefficient (Wildman–Crippen LogP) is 3.55. The van der Waals surface area contributed by atoms with Crippen molar-refractivity contribution in [2.24, 2.45) is 17.8 Å². The molecule has 0 radical (unpaired) electrons. The fourth-order valence-corrected chi connectivity index (χ4v) is 6.16. The molecule has 0 bridgehead atoms. The maximum absolute atomic E-state index is 13.3. The summed E-state index contributed by atoms with van der Waals surface area (Å²) in [6.07, 6.45) is 12.0. The Morgan fingerprint density at radius 1 is 1.06 bits per heavy atom. The molecule has 8 heteroatoms. The van der Waals surface area contributed by atoms with Crippen LogP contribution in [0.4, 0.5) is 5.95 Å². The van der Waals surface area contributed by atoms with E-state index in [0.29, 0.717) is 18.1 Å². The number of ketones is 1. The van der Waals surface area contributed by atoms with Crippen LogP contribution in [0.3, 0.4) is 0 Å². The number of anilines is 1. The van der Waals surface area contributed by atoms with E-state index >= 15 is 0 Å². The zero-order valence-corrected chi connectivity index (χ0v) is 19.3. The zero-order valence-electron chi connectivity index (χ0n) is 18.4. The molecular formula is C24H31N5O2S. The van der Waals surface area contributed by atoms with Crippen molar-refractivity contribution in [3.63, 3.8) is 0 Å². The number of rotatable bonds is 10. The van der Waals surface area contributed by atoms with Crippen molar-refractivity contribution in [3.05, 3.63) is 27.2 Å². The normalized spacial score (nSPS) is 22.4. The minimum Gasteiger partial charge on any atom is -0.354 e. The first-order chi connectivity index (χ1) is 15.7. The largest absolute Gasteiger partial charge is 0.354 e. The molecular weight excluding hydrogens is 422 g/mol. The van der Waals surface area contributed by atoms with Crippen molar-refractivity contribution in [1.82, 2.24) is 20.1 Å². The highest BCUT2D eigenvalue weighted by Gasteiger charge is 2.35. The van der Waals surface area contributed by atoms with E-state index in [1.165, 1.54) is 30.6 Å². The predicted molar refractivity (Wildman–Crippen MR) is 123 cm³/mol. The lowest BCUT2D eigenvalue weighted by molar-refractivity contribution is -0.119. The summed E-state index contributed by atoms with van der Waals surface area (Å²) < 4.78 is 2.16. The molecule has 170 valence electrons. The van der Waals surface area contributed by atoms with Gasteiger partial charge in [-0.2, -0.15) is 0 Å². The standard InChI is InChI=1S/C24H31N5O2S/c30-19(16-5-6-16)10-21-22(23(31)25-11-14-1-2-14)18-9-17(7-8-20(18)32-21)29-13-27-28-24(29)26-12-15-3-4-15/h13-17H,1-12H2,(H,25,31)(H,26,28)/t17-/m0/s1. The Balaban J connectivity index is 1.25. The number of fused-ring (bicyclic) bond motifs is 1. The number of nitrogens with one attached hydrogen (secondary N) is 2. The van der Waals surface area contributed by atoms with Gasteiger partial charge >= 0.3 is 0 Å². The van der Waals surface area contributed by atoms with Crippen molar-refractivity contribution in [2.75, 3.05) is 18.4 Å². The number of aryl methyl sites for hydroxylation is 1. The topological polar surface area (TPSA) is 88.9 Å². The lowest BCUT2D eigenvalue weighted by Crippen LogP contribution is -2.28. The third-order valence-corrected chi connectivity index (χ3v) is 8.65. The molecule has 32 heavy (non-hydrogen) atoms. The van der Waals surface area contributed by atoms with Crippen LogP contribution >= 0.6 is 11.3 Å². The summed E-state index contributed by atoms with van der Waals surface area (Å²) in [5, 5.41) is 15.1. The third-order valence-electron chi connectivity index (χ3n) is 7.36. The summed E-state index contributed by atoms with van der Waals surface area (Å²) in [7, 11) is 0. The number of amides is 1. The summed E-state index contributed by atoms with van der Waals surface area (Å²) in [4.78, 5) is 28.2. The summed E-state index contributed by atoms with van der Waals surface area (Å²) in [5.74, 6) is 2.79.